The number of hydrogen-bond acceptors (Lipinski definition) is 5. The minimum Gasteiger partial charge on any atom is -0.306 e. The zero-order chi connectivity index (χ0) is 20.0. The van der Waals surface area contributed by atoms with Gasteiger partial charge in [-0.1, -0.05) is 30.3 Å². The fourth-order valence-electron chi connectivity index (χ4n) is 5.07. The molecule has 2 heterocycles. The summed E-state index contributed by atoms with van der Waals surface area (Å²) in [6.45, 7) is 1.42. The minimum absolute atomic E-state index is 0.0260. The molecule has 0 bridgehead atoms. The van der Waals surface area contributed by atoms with Crippen LogP contribution in [0.5, 0.6) is 0 Å². The molecule has 0 radical (unpaired) electrons. The van der Waals surface area contributed by atoms with Crippen LogP contribution in [-0.2, 0) is 9.59 Å². The van der Waals surface area contributed by atoms with Crippen LogP contribution in [0.4, 0.5) is 0 Å². The third-order valence-electron chi connectivity index (χ3n) is 7.25. The minimum atomic E-state index is -0.553. The Morgan fingerprint density at radius 3 is 2.72 bits per heavy atom. The third-order valence-corrected chi connectivity index (χ3v) is 7.25. The van der Waals surface area contributed by atoms with E-state index in [2.05, 4.69) is 41.0 Å². The highest BCUT2D eigenvalue weighted by atomic mass is 16.5. The highest BCUT2D eigenvalue weighted by Gasteiger charge is 2.52. The molecule has 3 unspecified atom stereocenters. The number of amides is 1. The second-order valence-corrected chi connectivity index (χ2v) is 9.34. The molecule has 1 aromatic carbocycles. The van der Waals surface area contributed by atoms with Crippen LogP contribution in [-0.4, -0.2) is 42.1 Å². The second kappa shape index (κ2) is 7.35. The summed E-state index contributed by atoms with van der Waals surface area (Å²) in [6.07, 6.45) is 8.18. The van der Waals surface area contributed by atoms with Crippen molar-refractivity contribution in [3.05, 3.63) is 41.5 Å². The summed E-state index contributed by atoms with van der Waals surface area (Å²) in [5, 5.41) is 15.9. The van der Waals surface area contributed by atoms with Crippen molar-refractivity contribution in [1.82, 2.24) is 16.1 Å². The predicted molar refractivity (Wildman–Crippen MR) is 109 cm³/mol. The molecule has 29 heavy (non-hydrogen) atoms. The van der Waals surface area contributed by atoms with E-state index in [0.29, 0.717) is 25.3 Å². The van der Waals surface area contributed by atoms with E-state index in [1.807, 2.05) is 0 Å². The van der Waals surface area contributed by atoms with Gasteiger partial charge in [0.2, 0.25) is 5.91 Å². The Morgan fingerprint density at radius 2 is 2.00 bits per heavy atom. The first-order valence-corrected chi connectivity index (χ1v) is 10.8. The van der Waals surface area contributed by atoms with E-state index < -0.39 is 17.9 Å². The van der Waals surface area contributed by atoms with Crippen molar-refractivity contribution in [2.45, 2.75) is 56.5 Å². The molecule has 1 amide bonds. The van der Waals surface area contributed by atoms with Crippen LogP contribution < -0.4 is 16.1 Å². The number of hydroxylamine groups is 1. The maximum Gasteiger partial charge on any atom is 0.248 e. The number of ketones is 1. The van der Waals surface area contributed by atoms with Crippen molar-refractivity contribution >= 4 is 17.3 Å². The fourth-order valence-corrected chi connectivity index (χ4v) is 5.07. The van der Waals surface area contributed by atoms with Gasteiger partial charge in [-0.05, 0) is 66.6 Å². The van der Waals surface area contributed by atoms with Gasteiger partial charge < -0.3 is 10.6 Å². The number of piperidine rings is 1. The zero-order valence-electron chi connectivity index (χ0n) is 16.6. The quantitative estimate of drug-likeness (QED) is 0.453. The van der Waals surface area contributed by atoms with E-state index in [1.54, 1.807) is 5.48 Å². The smallest absolute Gasteiger partial charge is 0.248 e. The summed E-state index contributed by atoms with van der Waals surface area (Å²) in [5.41, 5.74) is 5.72. The topological polar surface area (TPSA) is 90.5 Å². The van der Waals surface area contributed by atoms with E-state index >= 15 is 0 Å². The number of benzene rings is 1. The number of carbonyl (C=O) groups is 2. The fraction of sp³-hybridized carbons (Fsp3) is 0.565. The summed E-state index contributed by atoms with van der Waals surface area (Å²) in [7, 11) is 0. The lowest BCUT2D eigenvalue weighted by Crippen LogP contribution is -2.59. The summed E-state index contributed by atoms with van der Waals surface area (Å²) in [6, 6.07) is 7.84. The Morgan fingerprint density at radius 1 is 1.17 bits per heavy atom. The Labute approximate surface area is 171 Å². The van der Waals surface area contributed by atoms with Gasteiger partial charge in [0.1, 0.15) is 0 Å². The molecule has 4 aliphatic rings. The van der Waals surface area contributed by atoms with Gasteiger partial charge in [0.05, 0.1) is 18.0 Å². The van der Waals surface area contributed by atoms with E-state index in [0.717, 1.165) is 19.4 Å². The van der Waals surface area contributed by atoms with Crippen LogP contribution in [0.25, 0.3) is 5.57 Å². The number of rotatable bonds is 5. The van der Waals surface area contributed by atoms with Crippen LogP contribution >= 0.6 is 0 Å². The summed E-state index contributed by atoms with van der Waals surface area (Å²) < 4.78 is 0. The van der Waals surface area contributed by atoms with E-state index in [9.17, 15) is 14.8 Å². The summed E-state index contributed by atoms with van der Waals surface area (Å²) in [4.78, 5) is 25.7. The maximum absolute atomic E-state index is 13.4. The normalized spacial score (nSPS) is 30.5. The first kappa shape index (κ1) is 19.0. The molecule has 0 aromatic heterocycles. The highest BCUT2D eigenvalue weighted by molar-refractivity contribution is 5.96. The molecule has 2 saturated carbocycles. The molecule has 1 saturated heterocycles. The average molecular weight is 396 g/mol. The van der Waals surface area contributed by atoms with Gasteiger partial charge in [-0.15, -0.1) is 0 Å². The molecular formula is C23H29N3O3. The van der Waals surface area contributed by atoms with Crippen molar-refractivity contribution in [1.29, 1.82) is 0 Å². The lowest BCUT2D eigenvalue weighted by Gasteiger charge is -2.37. The van der Waals surface area contributed by atoms with Crippen molar-refractivity contribution < 1.29 is 14.8 Å². The molecule has 2 aliphatic carbocycles. The molecule has 4 N–H and O–H groups in total. The van der Waals surface area contributed by atoms with Crippen molar-refractivity contribution in [3.63, 3.8) is 0 Å². The van der Waals surface area contributed by atoms with E-state index in [4.69, 9.17) is 0 Å². The Bertz CT molecular complexity index is 857. The largest absolute Gasteiger partial charge is 0.306 e. The Kier molecular flexibility index (Phi) is 4.81. The van der Waals surface area contributed by atoms with E-state index in [-0.39, 0.29) is 17.2 Å². The van der Waals surface area contributed by atoms with Crippen LogP contribution in [0.2, 0.25) is 0 Å². The highest BCUT2D eigenvalue weighted by Crippen LogP contribution is 2.52. The molecule has 6 heteroatoms. The summed E-state index contributed by atoms with van der Waals surface area (Å²) >= 11 is 0. The molecule has 5 rings (SSSR count). The summed E-state index contributed by atoms with van der Waals surface area (Å²) in [5.74, 6) is -0.240. The molecule has 1 spiro atoms. The van der Waals surface area contributed by atoms with E-state index in [1.165, 1.54) is 29.5 Å². The van der Waals surface area contributed by atoms with Crippen LogP contribution in [0.15, 0.2) is 30.3 Å². The molecule has 2 aliphatic heterocycles. The van der Waals surface area contributed by atoms with Gasteiger partial charge in [0.15, 0.2) is 5.78 Å². The number of nitrogens with one attached hydrogen (secondary N) is 3. The first-order valence-electron chi connectivity index (χ1n) is 10.8. The average Bonchev–Trinajstić information content (AvgIpc) is 3.70. The standard InChI is InChI=1S/C23H29N3O3/c27-21(20-18(22(28)26-29)12-23(7-8-23)13-25-20)19-11-17(6-9-24-19)16-3-1-2-15(10-16)14-4-5-14/h1-3,6,10,14,18-20,24-25,29H,4-5,7-9,11-13H2,(H,26,28). The first-order chi connectivity index (χ1) is 14.1. The monoisotopic (exact) mass is 395 g/mol. The van der Waals surface area contributed by atoms with Crippen molar-refractivity contribution in [3.8, 4) is 0 Å². The molecule has 3 atom stereocenters. The Balaban J connectivity index is 1.31. The SMILES string of the molecule is O=C(NO)C1CC2(CC2)CNC1C(=O)C1CC(c2cccc(C3CC3)c2)=CCN1. The van der Waals surface area contributed by atoms with Crippen molar-refractivity contribution in [2.75, 3.05) is 13.1 Å². The number of Topliss-reactive ketones (excluding diaryl/α,β-unsaturated/α-hetero) is 1. The lowest BCUT2D eigenvalue weighted by molar-refractivity contribution is -0.140. The second-order valence-electron chi connectivity index (χ2n) is 9.34. The Hall–Kier alpha value is -2.02. The van der Waals surface area contributed by atoms with Gasteiger partial charge in [-0.25, -0.2) is 5.48 Å². The van der Waals surface area contributed by atoms with Gasteiger partial charge >= 0.3 is 0 Å². The maximum atomic E-state index is 13.4. The molecule has 154 valence electrons. The van der Waals surface area contributed by atoms with Gasteiger partial charge in [0.25, 0.3) is 0 Å². The van der Waals surface area contributed by atoms with Crippen LogP contribution in [0.1, 0.15) is 55.6 Å². The zero-order valence-corrected chi connectivity index (χ0v) is 16.6. The van der Waals surface area contributed by atoms with Gasteiger partial charge in [0, 0.05) is 13.1 Å². The number of hydrogen-bond donors (Lipinski definition) is 4. The van der Waals surface area contributed by atoms with Crippen molar-refractivity contribution in [2.24, 2.45) is 11.3 Å². The third kappa shape index (κ3) is 3.77. The molecule has 1 aromatic rings. The van der Waals surface area contributed by atoms with Gasteiger partial charge in [-0.2, -0.15) is 0 Å². The molecule has 3 fully saturated rings. The van der Waals surface area contributed by atoms with Crippen LogP contribution in [0, 0.1) is 11.3 Å². The van der Waals surface area contributed by atoms with Crippen LogP contribution in [0.3, 0.4) is 0 Å². The predicted octanol–water partition coefficient (Wildman–Crippen LogP) is 2.14. The molecule has 6 nitrogen and oxygen atoms in total. The number of carbonyl (C=O) groups excluding carboxylic acids is 2. The van der Waals surface area contributed by atoms with Gasteiger partial charge in [-0.3, -0.25) is 14.8 Å². The lowest BCUT2D eigenvalue weighted by atomic mass is 9.78. The molecular weight excluding hydrogens is 366 g/mol.